The Morgan fingerprint density at radius 1 is 1.10 bits per heavy atom. The van der Waals surface area contributed by atoms with Crippen molar-refractivity contribution in [3.05, 3.63) is 0 Å². The van der Waals surface area contributed by atoms with Gasteiger partial charge in [-0.3, -0.25) is 14.5 Å². The molecule has 2 aliphatic rings. The summed E-state index contributed by atoms with van der Waals surface area (Å²) >= 11 is 0. The van der Waals surface area contributed by atoms with Crippen LogP contribution in [0.3, 0.4) is 0 Å². The van der Waals surface area contributed by atoms with Crippen molar-refractivity contribution in [3.63, 3.8) is 0 Å². The molecule has 2 rings (SSSR count). The lowest BCUT2D eigenvalue weighted by Crippen LogP contribution is -2.59. The highest BCUT2D eigenvalue weighted by Crippen LogP contribution is 2.29. The lowest BCUT2D eigenvalue weighted by atomic mass is 9.97. The molecule has 0 saturated carbocycles. The molecule has 0 bridgehead atoms. The highest BCUT2D eigenvalue weighted by Gasteiger charge is 2.44. The van der Waals surface area contributed by atoms with E-state index in [2.05, 4.69) is 17.1 Å². The van der Waals surface area contributed by atoms with Crippen LogP contribution in [0.1, 0.15) is 46.5 Å². The molecule has 5 heteroatoms. The minimum Gasteiger partial charge on any atom is -0.358 e. The Morgan fingerprint density at radius 2 is 1.71 bits per heavy atom. The van der Waals surface area contributed by atoms with E-state index in [1.807, 2.05) is 18.7 Å². The van der Waals surface area contributed by atoms with Gasteiger partial charge in [0.2, 0.25) is 11.8 Å². The maximum atomic E-state index is 12.8. The second kappa shape index (κ2) is 6.34. The molecular weight excluding hydrogens is 266 g/mol. The van der Waals surface area contributed by atoms with Gasteiger partial charge in [-0.05, 0) is 45.4 Å². The number of rotatable bonds is 3. The molecular formula is C16H29N3O2. The number of likely N-dealkylation sites (tertiary alicyclic amines) is 2. The van der Waals surface area contributed by atoms with Gasteiger partial charge in [0.25, 0.3) is 0 Å². The molecule has 2 heterocycles. The fraction of sp³-hybridized carbons (Fsp3) is 0.875. The molecule has 2 saturated heterocycles. The molecule has 2 amide bonds. The van der Waals surface area contributed by atoms with Crippen LogP contribution in [-0.2, 0) is 9.59 Å². The second-order valence-corrected chi connectivity index (χ2v) is 7.00. The first-order valence-corrected chi connectivity index (χ1v) is 8.15. The van der Waals surface area contributed by atoms with Crippen LogP contribution in [0.25, 0.3) is 0 Å². The number of piperidine rings is 1. The Balaban J connectivity index is 2.07. The first-order valence-electron chi connectivity index (χ1n) is 8.15. The number of carbonyl (C=O) groups is 2. The van der Waals surface area contributed by atoms with Gasteiger partial charge in [0, 0.05) is 26.7 Å². The van der Waals surface area contributed by atoms with E-state index in [9.17, 15) is 9.59 Å². The van der Waals surface area contributed by atoms with E-state index in [0.717, 1.165) is 51.2 Å². The van der Waals surface area contributed by atoms with Crippen LogP contribution in [0, 0.1) is 5.92 Å². The third-order valence-electron chi connectivity index (χ3n) is 5.13. The van der Waals surface area contributed by atoms with Crippen LogP contribution in [0.4, 0.5) is 0 Å². The highest BCUT2D eigenvalue weighted by molar-refractivity contribution is 5.88. The third-order valence-corrected chi connectivity index (χ3v) is 5.13. The van der Waals surface area contributed by atoms with Crippen molar-refractivity contribution in [1.29, 1.82) is 0 Å². The summed E-state index contributed by atoms with van der Waals surface area (Å²) in [6, 6.07) is -0.134. The third kappa shape index (κ3) is 3.23. The van der Waals surface area contributed by atoms with Crippen molar-refractivity contribution >= 4 is 11.8 Å². The summed E-state index contributed by atoms with van der Waals surface area (Å²) in [6.07, 6.45) is 4.04. The van der Waals surface area contributed by atoms with Gasteiger partial charge in [0.05, 0.1) is 11.6 Å². The number of hydrogen-bond acceptors (Lipinski definition) is 3. The molecule has 1 N–H and O–H groups in total. The standard InChI is InChI=1S/C16H29N3O2/c1-12-7-10-18(11-8-12)14(20)13-6-5-9-19(13)16(2,3)15(21)17-4/h12-13H,5-11H2,1-4H3,(H,17,21). The van der Waals surface area contributed by atoms with Crippen molar-refractivity contribution in [1.82, 2.24) is 15.1 Å². The van der Waals surface area contributed by atoms with E-state index in [1.165, 1.54) is 0 Å². The number of nitrogens with one attached hydrogen (secondary N) is 1. The first kappa shape index (κ1) is 16.3. The zero-order chi connectivity index (χ0) is 15.6. The average molecular weight is 295 g/mol. The summed E-state index contributed by atoms with van der Waals surface area (Å²) in [7, 11) is 1.66. The van der Waals surface area contributed by atoms with Gasteiger partial charge < -0.3 is 10.2 Å². The predicted octanol–water partition coefficient (Wildman–Crippen LogP) is 1.23. The Kier molecular flexibility index (Phi) is 4.91. The van der Waals surface area contributed by atoms with E-state index in [-0.39, 0.29) is 17.9 Å². The van der Waals surface area contributed by atoms with Crippen LogP contribution >= 0.6 is 0 Å². The fourth-order valence-corrected chi connectivity index (χ4v) is 3.57. The smallest absolute Gasteiger partial charge is 0.239 e. The van der Waals surface area contributed by atoms with Gasteiger partial charge in [-0.25, -0.2) is 0 Å². The molecule has 0 radical (unpaired) electrons. The zero-order valence-electron chi connectivity index (χ0n) is 13.8. The maximum Gasteiger partial charge on any atom is 0.239 e. The molecule has 2 aliphatic heterocycles. The van der Waals surface area contributed by atoms with Gasteiger partial charge in [-0.1, -0.05) is 6.92 Å². The van der Waals surface area contributed by atoms with Gasteiger partial charge >= 0.3 is 0 Å². The summed E-state index contributed by atoms with van der Waals surface area (Å²) in [5, 5.41) is 2.72. The molecule has 0 aromatic carbocycles. The molecule has 120 valence electrons. The molecule has 0 aliphatic carbocycles. The normalized spacial score (nSPS) is 25.1. The number of nitrogens with zero attached hydrogens (tertiary/aromatic N) is 2. The quantitative estimate of drug-likeness (QED) is 0.852. The highest BCUT2D eigenvalue weighted by atomic mass is 16.2. The summed E-state index contributed by atoms with van der Waals surface area (Å²) in [6.45, 7) is 8.63. The van der Waals surface area contributed by atoms with E-state index in [0.29, 0.717) is 0 Å². The minimum absolute atomic E-state index is 0.0190. The summed E-state index contributed by atoms with van der Waals surface area (Å²) in [5.41, 5.74) is -0.630. The number of amides is 2. The first-order chi connectivity index (χ1) is 9.87. The fourth-order valence-electron chi connectivity index (χ4n) is 3.57. The monoisotopic (exact) mass is 295 g/mol. The second-order valence-electron chi connectivity index (χ2n) is 7.00. The molecule has 21 heavy (non-hydrogen) atoms. The Hall–Kier alpha value is -1.10. The molecule has 0 aromatic heterocycles. The SMILES string of the molecule is CNC(=O)C(C)(C)N1CCCC1C(=O)N1CCC(C)CC1. The molecule has 5 nitrogen and oxygen atoms in total. The van der Waals surface area contributed by atoms with Crippen LogP contribution in [0.15, 0.2) is 0 Å². The van der Waals surface area contributed by atoms with Crippen LogP contribution < -0.4 is 5.32 Å². The van der Waals surface area contributed by atoms with Crippen LogP contribution in [0.5, 0.6) is 0 Å². The summed E-state index contributed by atoms with van der Waals surface area (Å²) in [4.78, 5) is 29.1. The lowest BCUT2D eigenvalue weighted by Gasteiger charge is -2.40. The number of hydrogen-bond donors (Lipinski definition) is 1. The summed E-state index contributed by atoms with van der Waals surface area (Å²) in [5.74, 6) is 0.918. The molecule has 1 atom stereocenters. The van der Waals surface area contributed by atoms with Crippen molar-refractivity contribution in [2.45, 2.75) is 58.0 Å². The molecule has 0 aromatic rings. The van der Waals surface area contributed by atoms with Crippen molar-refractivity contribution < 1.29 is 9.59 Å². The summed E-state index contributed by atoms with van der Waals surface area (Å²) < 4.78 is 0. The van der Waals surface area contributed by atoms with Crippen molar-refractivity contribution in [2.75, 3.05) is 26.7 Å². The average Bonchev–Trinajstić information content (AvgIpc) is 2.96. The Labute approximate surface area is 128 Å². The molecule has 1 unspecified atom stereocenters. The molecule has 2 fully saturated rings. The topological polar surface area (TPSA) is 52.7 Å². The van der Waals surface area contributed by atoms with E-state index < -0.39 is 5.54 Å². The van der Waals surface area contributed by atoms with Crippen molar-refractivity contribution in [2.24, 2.45) is 5.92 Å². The van der Waals surface area contributed by atoms with Gasteiger partial charge in [0.15, 0.2) is 0 Å². The zero-order valence-corrected chi connectivity index (χ0v) is 13.8. The van der Waals surface area contributed by atoms with Gasteiger partial charge in [-0.2, -0.15) is 0 Å². The van der Waals surface area contributed by atoms with E-state index in [1.54, 1.807) is 7.05 Å². The van der Waals surface area contributed by atoms with E-state index in [4.69, 9.17) is 0 Å². The van der Waals surface area contributed by atoms with E-state index >= 15 is 0 Å². The maximum absolute atomic E-state index is 12.8. The predicted molar refractivity (Wildman–Crippen MR) is 82.9 cm³/mol. The number of likely N-dealkylation sites (N-methyl/N-ethyl adjacent to an activating group) is 1. The van der Waals surface area contributed by atoms with Crippen LogP contribution in [0.2, 0.25) is 0 Å². The lowest BCUT2D eigenvalue weighted by molar-refractivity contribution is -0.142. The Bertz CT molecular complexity index is 400. The van der Waals surface area contributed by atoms with Crippen LogP contribution in [-0.4, -0.2) is 59.9 Å². The minimum atomic E-state index is -0.630. The number of carbonyl (C=O) groups excluding carboxylic acids is 2. The van der Waals surface area contributed by atoms with Gasteiger partial charge in [-0.15, -0.1) is 0 Å². The molecule has 0 spiro atoms. The van der Waals surface area contributed by atoms with Gasteiger partial charge in [0.1, 0.15) is 0 Å². The largest absolute Gasteiger partial charge is 0.358 e. The van der Waals surface area contributed by atoms with Crippen molar-refractivity contribution in [3.8, 4) is 0 Å². The Morgan fingerprint density at radius 3 is 2.29 bits per heavy atom.